The van der Waals surface area contributed by atoms with Crippen LogP contribution < -0.4 is 14.8 Å². The third kappa shape index (κ3) is 6.35. The standard InChI is InChI=1S/C21H28N2O4S/c1-15-6-12-19(27-5)18(14-15)22-20(24)13-9-16-7-10-17(11-8-16)28(25,26)23-21(2,3)4/h6-8,10-12,14,23H,9,13H2,1-5H3,(H,22,24). The van der Waals surface area contributed by atoms with Gasteiger partial charge in [0.1, 0.15) is 5.75 Å². The number of benzene rings is 2. The van der Waals surface area contributed by atoms with Gasteiger partial charge in [-0.1, -0.05) is 18.2 Å². The van der Waals surface area contributed by atoms with Crippen molar-refractivity contribution in [1.82, 2.24) is 4.72 Å². The van der Waals surface area contributed by atoms with Crippen molar-refractivity contribution in [2.75, 3.05) is 12.4 Å². The van der Waals surface area contributed by atoms with Crippen molar-refractivity contribution in [3.63, 3.8) is 0 Å². The van der Waals surface area contributed by atoms with Crippen LogP contribution in [0.3, 0.4) is 0 Å². The molecule has 2 N–H and O–H groups in total. The van der Waals surface area contributed by atoms with Gasteiger partial charge in [-0.05, 0) is 69.5 Å². The molecule has 0 fully saturated rings. The lowest BCUT2D eigenvalue weighted by Crippen LogP contribution is -2.40. The molecule has 0 heterocycles. The van der Waals surface area contributed by atoms with E-state index in [2.05, 4.69) is 10.0 Å². The van der Waals surface area contributed by atoms with Gasteiger partial charge in [-0.3, -0.25) is 4.79 Å². The molecule has 7 heteroatoms. The van der Waals surface area contributed by atoms with Gasteiger partial charge < -0.3 is 10.1 Å². The monoisotopic (exact) mass is 404 g/mol. The first kappa shape index (κ1) is 21.9. The van der Waals surface area contributed by atoms with E-state index in [4.69, 9.17) is 4.74 Å². The van der Waals surface area contributed by atoms with Crippen molar-refractivity contribution < 1.29 is 17.9 Å². The molecule has 0 unspecified atom stereocenters. The summed E-state index contributed by atoms with van der Waals surface area (Å²) in [6.07, 6.45) is 0.788. The van der Waals surface area contributed by atoms with Crippen LogP contribution in [0.2, 0.25) is 0 Å². The number of carbonyl (C=O) groups is 1. The zero-order valence-electron chi connectivity index (χ0n) is 17.0. The van der Waals surface area contributed by atoms with Crippen LogP contribution in [0.4, 0.5) is 5.69 Å². The predicted octanol–water partition coefficient (Wildman–Crippen LogP) is 3.65. The molecule has 0 atom stereocenters. The van der Waals surface area contributed by atoms with E-state index in [1.54, 1.807) is 52.1 Å². The molecule has 2 aromatic carbocycles. The molecular weight excluding hydrogens is 376 g/mol. The van der Waals surface area contributed by atoms with Crippen LogP contribution in [0.15, 0.2) is 47.4 Å². The Hall–Kier alpha value is -2.38. The van der Waals surface area contributed by atoms with Crippen molar-refractivity contribution in [3.8, 4) is 5.75 Å². The number of hydrogen-bond donors (Lipinski definition) is 2. The van der Waals surface area contributed by atoms with Gasteiger partial charge in [0.15, 0.2) is 0 Å². The van der Waals surface area contributed by atoms with E-state index >= 15 is 0 Å². The number of aryl methyl sites for hydroxylation is 2. The number of amides is 1. The quantitative estimate of drug-likeness (QED) is 0.738. The van der Waals surface area contributed by atoms with E-state index in [1.165, 1.54) is 0 Å². The smallest absolute Gasteiger partial charge is 0.241 e. The second-order valence-corrected chi connectivity index (χ2v) is 9.43. The molecule has 0 saturated heterocycles. The maximum absolute atomic E-state index is 12.3. The molecule has 0 spiro atoms. The number of carbonyl (C=O) groups excluding carboxylic acids is 1. The fraction of sp³-hybridized carbons (Fsp3) is 0.381. The Morgan fingerprint density at radius 3 is 2.29 bits per heavy atom. The van der Waals surface area contributed by atoms with Gasteiger partial charge >= 0.3 is 0 Å². The lowest BCUT2D eigenvalue weighted by atomic mass is 10.1. The normalized spacial score (nSPS) is 11.9. The lowest BCUT2D eigenvalue weighted by molar-refractivity contribution is -0.116. The fourth-order valence-corrected chi connectivity index (χ4v) is 4.11. The molecule has 0 radical (unpaired) electrons. The number of nitrogens with one attached hydrogen (secondary N) is 2. The van der Waals surface area contributed by atoms with E-state index in [9.17, 15) is 13.2 Å². The zero-order chi connectivity index (χ0) is 20.9. The molecule has 0 aliphatic heterocycles. The highest BCUT2D eigenvalue weighted by Crippen LogP contribution is 2.25. The third-order valence-corrected chi connectivity index (χ3v) is 5.72. The van der Waals surface area contributed by atoms with Gasteiger partial charge in [-0.2, -0.15) is 0 Å². The predicted molar refractivity (Wildman–Crippen MR) is 111 cm³/mol. The Morgan fingerprint density at radius 2 is 1.71 bits per heavy atom. The number of methoxy groups -OCH3 is 1. The molecule has 1 amide bonds. The first-order valence-corrected chi connectivity index (χ1v) is 10.6. The fourth-order valence-electron chi connectivity index (χ4n) is 2.69. The minimum atomic E-state index is -3.56. The summed E-state index contributed by atoms with van der Waals surface area (Å²) in [5.41, 5.74) is 2.01. The van der Waals surface area contributed by atoms with Gasteiger partial charge in [0.05, 0.1) is 17.7 Å². The van der Waals surface area contributed by atoms with Crippen LogP contribution in [0.1, 0.15) is 38.3 Å². The van der Waals surface area contributed by atoms with Crippen LogP contribution in [0.5, 0.6) is 5.75 Å². The largest absolute Gasteiger partial charge is 0.495 e. The van der Waals surface area contributed by atoms with Crippen LogP contribution in [-0.4, -0.2) is 27.0 Å². The third-order valence-electron chi connectivity index (χ3n) is 3.94. The lowest BCUT2D eigenvalue weighted by Gasteiger charge is -2.20. The van der Waals surface area contributed by atoms with Crippen molar-refractivity contribution in [2.45, 2.75) is 51.0 Å². The summed E-state index contributed by atoms with van der Waals surface area (Å²) < 4.78 is 32.5. The minimum Gasteiger partial charge on any atom is -0.495 e. The van der Waals surface area contributed by atoms with Crippen molar-refractivity contribution in [1.29, 1.82) is 0 Å². The van der Waals surface area contributed by atoms with E-state index in [1.807, 2.05) is 25.1 Å². The van der Waals surface area contributed by atoms with Gasteiger partial charge in [0.25, 0.3) is 0 Å². The van der Waals surface area contributed by atoms with E-state index in [-0.39, 0.29) is 17.2 Å². The number of rotatable bonds is 7. The first-order chi connectivity index (χ1) is 13.0. The average molecular weight is 405 g/mol. The number of ether oxygens (including phenoxy) is 1. The van der Waals surface area contributed by atoms with E-state index in [0.29, 0.717) is 17.9 Å². The second kappa shape index (κ2) is 8.75. The average Bonchev–Trinajstić information content (AvgIpc) is 2.58. The van der Waals surface area contributed by atoms with Gasteiger partial charge in [0.2, 0.25) is 15.9 Å². The minimum absolute atomic E-state index is 0.130. The topological polar surface area (TPSA) is 84.5 Å². The maximum atomic E-state index is 12.3. The van der Waals surface area contributed by atoms with E-state index < -0.39 is 15.6 Å². The number of sulfonamides is 1. The highest BCUT2D eigenvalue weighted by molar-refractivity contribution is 7.89. The summed E-state index contributed by atoms with van der Waals surface area (Å²) in [5, 5.41) is 2.86. The Morgan fingerprint density at radius 1 is 1.07 bits per heavy atom. The highest BCUT2D eigenvalue weighted by Gasteiger charge is 2.21. The molecule has 152 valence electrons. The van der Waals surface area contributed by atoms with Crippen LogP contribution in [0.25, 0.3) is 0 Å². The van der Waals surface area contributed by atoms with Crippen molar-refractivity contribution in [3.05, 3.63) is 53.6 Å². The van der Waals surface area contributed by atoms with Crippen LogP contribution >= 0.6 is 0 Å². The molecule has 0 aliphatic rings. The van der Waals surface area contributed by atoms with Gasteiger partial charge in [-0.25, -0.2) is 13.1 Å². The van der Waals surface area contributed by atoms with Crippen LogP contribution in [0, 0.1) is 6.92 Å². The van der Waals surface area contributed by atoms with Crippen molar-refractivity contribution >= 4 is 21.6 Å². The van der Waals surface area contributed by atoms with Crippen molar-refractivity contribution in [2.24, 2.45) is 0 Å². The molecule has 0 saturated carbocycles. The second-order valence-electron chi connectivity index (χ2n) is 7.75. The summed E-state index contributed by atoms with van der Waals surface area (Å²) >= 11 is 0. The summed E-state index contributed by atoms with van der Waals surface area (Å²) in [4.78, 5) is 12.5. The summed E-state index contributed by atoms with van der Waals surface area (Å²) in [5.74, 6) is 0.481. The molecular formula is C21H28N2O4S. The zero-order valence-corrected chi connectivity index (χ0v) is 17.8. The molecule has 0 aliphatic carbocycles. The van der Waals surface area contributed by atoms with E-state index in [0.717, 1.165) is 11.1 Å². The molecule has 28 heavy (non-hydrogen) atoms. The Kier molecular flexibility index (Phi) is 6.85. The SMILES string of the molecule is COc1ccc(C)cc1NC(=O)CCc1ccc(S(=O)(=O)NC(C)(C)C)cc1. The molecule has 2 aromatic rings. The first-order valence-electron chi connectivity index (χ1n) is 9.07. The summed E-state index contributed by atoms with van der Waals surface area (Å²) in [7, 11) is -2.00. The molecule has 6 nitrogen and oxygen atoms in total. The summed E-state index contributed by atoms with van der Waals surface area (Å²) in [6, 6.07) is 12.2. The molecule has 0 bridgehead atoms. The molecule has 0 aromatic heterocycles. The summed E-state index contributed by atoms with van der Waals surface area (Å²) in [6.45, 7) is 7.32. The van der Waals surface area contributed by atoms with Gasteiger partial charge in [-0.15, -0.1) is 0 Å². The Balaban J connectivity index is 1.98. The van der Waals surface area contributed by atoms with Gasteiger partial charge in [0, 0.05) is 12.0 Å². The number of anilines is 1. The molecule has 2 rings (SSSR count). The maximum Gasteiger partial charge on any atom is 0.241 e. The van der Waals surface area contributed by atoms with Crippen LogP contribution in [-0.2, 0) is 21.2 Å². The Bertz CT molecular complexity index is 930. The number of hydrogen-bond acceptors (Lipinski definition) is 4. The highest BCUT2D eigenvalue weighted by atomic mass is 32.2. The Labute approximate surface area is 167 Å².